The Morgan fingerprint density at radius 1 is 0.792 bits per heavy atom. The van der Waals surface area contributed by atoms with Gasteiger partial charge < -0.3 is 29.2 Å². The number of imide groups is 1. The van der Waals surface area contributed by atoms with E-state index < -0.39 is 36.0 Å². The second-order valence-corrected chi connectivity index (χ2v) is 12.8. The summed E-state index contributed by atoms with van der Waals surface area (Å²) in [5.74, 6) is 0.606. The predicted molar refractivity (Wildman–Crippen MR) is 173 cm³/mol. The van der Waals surface area contributed by atoms with E-state index >= 15 is 0 Å². The Morgan fingerprint density at radius 3 is 1.77 bits per heavy atom. The first-order valence-corrected chi connectivity index (χ1v) is 15.8. The molecular formula is C36H38N4O8. The van der Waals surface area contributed by atoms with Gasteiger partial charge in [-0.25, -0.2) is 0 Å². The van der Waals surface area contributed by atoms with Crippen molar-refractivity contribution in [3.63, 3.8) is 0 Å². The van der Waals surface area contributed by atoms with Gasteiger partial charge in [0.2, 0.25) is 0 Å². The molecule has 3 aromatic rings. The molecule has 4 heterocycles. The molecule has 1 fully saturated rings. The largest absolute Gasteiger partial charge is 0.504 e. The second-order valence-electron chi connectivity index (χ2n) is 12.8. The number of fused-ring (bicyclic) bond motifs is 8. The van der Waals surface area contributed by atoms with Crippen LogP contribution in [0.15, 0.2) is 24.3 Å². The molecule has 5 atom stereocenters. The van der Waals surface area contributed by atoms with Crippen molar-refractivity contribution < 1.29 is 38.7 Å². The molecule has 7 rings (SSSR count). The molecule has 2 amide bonds. The molecule has 0 radical (unpaired) electrons. The van der Waals surface area contributed by atoms with Gasteiger partial charge in [-0.1, -0.05) is 12.1 Å². The van der Waals surface area contributed by atoms with Crippen LogP contribution in [-0.4, -0.2) is 96.9 Å². The number of phenolic OH excluding ortho intramolecular Hbond substituents is 2. The number of phenols is 2. The molecule has 0 spiro atoms. The number of aromatic hydroxyl groups is 2. The number of likely N-dealkylation sites (N-methyl/N-ethyl adjacent to an activating group) is 1. The lowest BCUT2D eigenvalue weighted by atomic mass is 9.71. The van der Waals surface area contributed by atoms with Gasteiger partial charge in [0.1, 0.15) is 17.5 Å². The lowest BCUT2D eigenvalue weighted by molar-refractivity contribution is -0.0761. The number of methoxy groups -OCH3 is 4. The highest BCUT2D eigenvalue weighted by Gasteiger charge is 2.58. The van der Waals surface area contributed by atoms with Crippen LogP contribution in [0.25, 0.3) is 0 Å². The van der Waals surface area contributed by atoms with E-state index in [4.69, 9.17) is 18.9 Å². The molecule has 250 valence electrons. The Kier molecular flexibility index (Phi) is 7.45. The molecule has 4 aliphatic rings. The summed E-state index contributed by atoms with van der Waals surface area (Å²) in [6.45, 7) is 3.49. The lowest BCUT2D eigenvalue weighted by Gasteiger charge is -2.60. The van der Waals surface area contributed by atoms with Crippen molar-refractivity contribution in [3.8, 4) is 40.6 Å². The van der Waals surface area contributed by atoms with Gasteiger partial charge in [0.15, 0.2) is 23.0 Å². The highest BCUT2D eigenvalue weighted by molar-refractivity contribution is 6.21. The molecule has 12 nitrogen and oxygen atoms in total. The van der Waals surface area contributed by atoms with Gasteiger partial charge >= 0.3 is 0 Å². The van der Waals surface area contributed by atoms with Crippen LogP contribution >= 0.6 is 0 Å². The first-order valence-electron chi connectivity index (χ1n) is 15.8. The van der Waals surface area contributed by atoms with Crippen LogP contribution in [0.1, 0.15) is 66.2 Å². The van der Waals surface area contributed by atoms with Gasteiger partial charge in [0.05, 0.1) is 57.7 Å². The molecule has 3 aromatic carbocycles. The number of carbonyl (C=O) groups excluding carboxylic acids is 2. The molecule has 2 N–H and O–H groups in total. The number of nitriles is 1. The number of hydrogen-bond donors (Lipinski definition) is 2. The molecule has 0 unspecified atom stereocenters. The van der Waals surface area contributed by atoms with Crippen LogP contribution < -0.4 is 18.9 Å². The van der Waals surface area contributed by atoms with Gasteiger partial charge in [0.25, 0.3) is 11.8 Å². The van der Waals surface area contributed by atoms with Crippen molar-refractivity contribution in [1.29, 1.82) is 5.26 Å². The van der Waals surface area contributed by atoms with E-state index in [1.165, 1.54) is 19.1 Å². The van der Waals surface area contributed by atoms with Gasteiger partial charge in [-0.15, -0.1) is 0 Å². The standard InChI is InChI=1S/C36H38N4O8/c1-16-31(45-4)20-13-23-28-27-21(32(46-5)17(2)34(48-7)30(27)42)12-22(38(28)3)24(14-37)40(23)25(26(20)29(41)33(16)47-6)15-39-35(43)18-10-8-9-11-19(18)36(39)44/h8-11,22-25,28,41-42H,12-13,15H2,1-7H3/t22-,23-,24-,25-,28-/m0/s1. The highest BCUT2D eigenvalue weighted by atomic mass is 16.5. The summed E-state index contributed by atoms with van der Waals surface area (Å²) in [6.07, 6.45) is 0.692. The first kappa shape index (κ1) is 31.6. The molecule has 12 heteroatoms. The Morgan fingerprint density at radius 2 is 1.27 bits per heavy atom. The number of carbonyl (C=O) groups is 2. The summed E-state index contributed by atoms with van der Waals surface area (Å²) in [5, 5.41) is 34.7. The van der Waals surface area contributed by atoms with Crippen molar-refractivity contribution in [2.24, 2.45) is 0 Å². The summed E-state index contributed by atoms with van der Waals surface area (Å²) >= 11 is 0. The molecule has 2 bridgehead atoms. The van der Waals surface area contributed by atoms with E-state index in [0.717, 1.165) is 5.56 Å². The maximum atomic E-state index is 13.8. The SMILES string of the molecule is COc1c(C)c(OC)c2c(c1O)[C@@H]1[C@@H]3Cc4c(OC)c(C)c(OC)c(O)c4[C@H](CN4C(=O)c5ccccc5C4=O)N3[C@@H](C#N)[C@H](C2)N1C. The smallest absolute Gasteiger partial charge is 0.261 e. The van der Waals surface area contributed by atoms with E-state index in [1.54, 1.807) is 45.4 Å². The summed E-state index contributed by atoms with van der Waals surface area (Å²) < 4.78 is 23.2. The van der Waals surface area contributed by atoms with E-state index in [1.807, 2.05) is 18.9 Å². The van der Waals surface area contributed by atoms with Crippen molar-refractivity contribution in [3.05, 3.63) is 68.8 Å². The molecule has 0 aliphatic carbocycles. The van der Waals surface area contributed by atoms with Crippen LogP contribution in [0.5, 0.6) is 34.5 Å². The van der Waals surface area contributed by atoms with Crippen LogP contribution in [0.4, 0.5) is 0 Å². The Bertz CT molecular complexity index is 1900. The third kappa shape index (κ3) is 4.01. The van der Waals surface area contributed by atoms with E-state index in [0.29, 0.717) is 69.0 Å². The zero-order valence-electron chi connectivity index (χ0n) is 28.0. The Hall–Kier alpha value is -4.99. The fraction of sp³-hybridized carbons (Fsp3) is 0.417. The van der Waals surface area contributed by atoms with Gasteiger partial charge in [-0.05, 0) is 45.9 Å². The minimum absolute atomic E-state index is 0.000115. The summed E-state index contributed by atoms with van der Waals surface area (Å²) in [7, 11) is 8.04. The van der Waals surface area contributed by atoms with Crippen molar-refractivity contribution >= 4 is 11.8 Å². The fourth-order valence-corrected chi connectivity index (χ4v) is 8.97. The third-order valence-electron chi connectivity index (χ3n) is 10.9. The van der Waals surface area contributed by atoms with E-state index in [-0.39, 0.29) is 29.8 Å². The minimum Gasteiger partial charge on any atom is -0.504 e. The third-order valence-corrected chi connectivity index (χ3v) is 10.9. The molecule has 4 aliphatic heterocycles. The van der Waals surface area contributed by atoms with Crippen LogP contribution in [-0.2, 0) is 12.8 Å². The zero-order valence-corrected chi connectivity index (χ0v) is 28.0. The molecular weight excluding hydrogens is 616 g/mol. The van der Waals surface area contributed by atoms with Crippen LogP contribution in [0, 0.1) is 25.2 Å². The number of amides is 2. The fourth-order valence-electron chi connectivity index (χ4n) is 8.97. The van der Waals surface area contributed by atoms with E-state index in [2.05, 4.69) is 11.0 Å². The first-order chi connectivity index (χ1) is 23.1. The monoisotopic (exact) mass is 654 g/mol. The number of nitrogens with zero attached hydrogens (tertiary/aromatic N) is 4. The minimum atomic E-state index is -0.828. The van der Waals surface area contributed by atoms with Crippen molar-refractivity contribution in [2.75, 3.05) is 42.0 Å². The summed E-state index contributed by atoms with van der Waals surface area (Å²) in [4.78, 5) is 32.9. The number of rotatable bonds is 6. The number of piperazine rings is 1. The quantitative estimate of drug-likeness (QED) is 0.374. The topological polar surface area (TPSA) is 145 Å². The molecule has 0 aromatic heterocycles. The second kappa shape index (κ2) is 11.3. The molecule has 0 saturated carbocycles. The highest BCUT2D eigenvalue weighted by Crippen LogP contribution is 2.59. The van der Waals surface area contributed by atoms with Crippen LogP contribution in [0.2, 0.25) is 0 Å². The normalized spacial score (nSPS) is 24.3. The average molecular weight is 655 g/mol. The molecule has 48 heavy (non-hydrogen) atoms. The maximum Gasteiger partial charge on any atom is 0.261 e. The van der Waals surface area contributed by atoms with Crippen molar-refractivity contribution in [2.45, 2.75) is 56.9 Å². The van der Waals surface area contributed by atoms with Gasteiger partial charge in [0, 0.05) is 52.0 Å². The zero-order chi connectivity index (χ0) is 34.3. The number of benzene rings is 3. The summed E-state index contributed by atoms with van der Waals surface area (Å²) in [5.41, 5.74) is 4.43. The number of hydrogen-bond acceptors (Lipinski definition) is 11. The Balaban J connectivity index is 1.49. The average Bonchev–Trinajstić information content (AvgIpc) is 3.31. The molecule has 1 saturated heterocycles. The summed E-state index contributed by atoms with van der Waals surface area (Å²) in [6, 6.07) is 6.33. The number of ether oxygens (including phenoxy) is 4. The van der Waals surface area contributed by atoms with Crippen LogP contribution in [0.3, 0.4) is 0 Å². The van der Waals surface area contributed by atoms with Crippen molar-refractivity contribution in [1.82, 2.24) is 14.7 Å². The maximum absolute atomic E-state index is 13.8. The van der Waals surface area contributed by atoms with E-state index in [9.17, 15) is 25.1 Å². The predicted octanol–water partition coefficient (Wildman–Crippen LogP) is 3.82. The van der Waals surface area contributed by atoms with Gasteiger partial charge in [-0.2, -0.15) is 5.26 Å². The lowest BCUT2D eigenvalue weighted by Crippen LogP contribution is -2.69. The van der Waals surface area contributed by atoms with Gasteiger partial charge in [-0.3, -0.25) is 24.3 Å². The Labute approximate surface area is 278 Å².